The van der Waals surface area contributed by atoms with E-state index >= 15 is 0 Å². The Kier molecular flexibility index (Phi) is 3.06. The molecule has 0 saturated carbocycles. The fourth-order valence-corrected chi connectivity index (χ4v) is 1.76. The number of hydrogen-bond acceptors (Lipinski definition) is 3. The summed E-state index contributed by atoms with van der Waals surface area (Å²) in [5, 5.41) is 17.5. The van der Waals surface area contributed by atoms with Gasteiger partial charge in [-0.2, -0.15) is 5.26 Å². The van der Waals surface area contributed by atoms with E-state index in [4.69, 9.17) is 10.4 Å². The molecule has 17 heavy (non-hydrogen) atoms. The lowest BCUT2D eigenvalue weighted by Crippen LogP contribution is -1.99. The largest absolute Gasteiger partial charge is 0.481 e. The van der Waals surface area contributed by atoms with Gasteiger partial charge in [0.15, 0.2) is 5.69 Å². The fourth-order valence-electron chi connectivity index (χ4n) is 1.76. The second-order valence-electron chi connectivity index (χ2n) is 3.69. The number of aliphatic carboxylic acids is 1. The van der Waals surface area contributed by atoms with Gasteiger partial charge in [-0.15, -0.1) is 0 Å². The third-order valence-corrected chi connectivity index (χ3v) is 2.52. The number of aryl methyl sites for hydroxylation is 1. The smallest absolute Gasteiger partial charge is 0.303 e. The molecule has 0 aliphatic carbocycles. The van der Waals surface area contributed by atoms with Crippen LogP contribution in [0.25, 0.3) is 5.52 Å². The first kappa shape index (κ1) is 11.1. The number of imidazole rings is 1. The molecular formula is C12H11N3O2. The van der Waals surface area contributed by atoms with Crippen LogP contribution in [0.3, 0.4) is 0 Å². The lowest BCUT2D eigenvalue weighted by atomic mass is 10.2. The maximum Gasteiger partial charge on any atom is 0.303 e. The van der Waals surface area contributed by atoms with Gasteiger partial charge < -0.3 is 9.51 Å². The number of carboxylic acid groups (broad SMARTS) is 1. The lowest BCUT2D eigenvalue weighted by Gasteiger charge is -1.99. The second-order valence-corrected chi connectivity index (χ2v) is 3.69. The van der Waals surface area contributed by atoms with E-state index in [1.807, 2.05) is 34.9 Å². The van der Waals surface area contributed by atoms with E-state index in [9.17, 15) is 4.79 Å². The van der Waals surface area contributed by atoms with Crippen molar-refractivity contribution in [2.75, 3.05) is 0 Å². The molecule has 0 radical (unpaired) electrons. The summed E-state index contributed by atoms with van der Waals surface area (Å²) in [4.78, 5) is 14.6. The van der Waals surface area contributed by atoms with Gasteiger partial charge in [-0.25, -0.2) is 4.98 Å². The van der Waals surface area contributed by atoms with Crippen molar-refractivity contribution >= 4 is 11.5 Å². The third-order valence-electron chi connectivity index (χ3n) is 2.52. The molecule has 1 N–H and O–H groups in total. The van der Waals surface area contributed by atoms with E-state index in [2.05, 4.69) is 4.98 Å². The van der Waals surface area contributed by atoms with Crippen LogP contribution >= 0.6 is 0 Å². The molecule has 0 aliphatic heterocycles. The molecule has 0 fully saturated rings. The van der Waals surface area contributed by atoms with Gasteiger partial charge in [-0.05, 0) is 18.6 Å². The SMILES string of the molecule is N#Cc1nc(CCCC(=O)O)n2ccccc12. The highest BCUT2D eigenvalue weighted by Crippen LogP contribution is 2.13. The van der Waals surface area contributed by atoms with Crippen LogP contribution in [0.2, 0.25) is 0 Å². The number of carbonyl (C=O) groups is 1. The average Bonchev–Trinajstić information content (AvgIpc) is 2.68. The molecule has 0 spiro atoms. The molecule has 0 saturated heterocycles. The Labute approximate surface area is 97.9 Å². The lowest BCUT2D eigenvalue weighted by molar-refractivity contribution is -0.137. The zero-order valence-corrected chi connectivity index (χ0v) is 9.13. The van der Waals surface area contributed by atoms with Crippen LogP contribution < -0.4 is 0 Å². The molecule has 2 aromatic rings. The van der Waals surface area contributed by atoms with Gasteiger partial charge in [0.25, 0.3) is 0 Å². The highest BCUT2D eigenvalue weighted by atomic mass is 16.4. The Hall–Kier alpha value is -2.35. The number of fused-ring (bicyclic) bond motifs is 1. The molecule has 5 heteroatoms. The standard InChI is InChI=1S/C12H11N3O2/c13-8-9-10-4-1-2-7-15(10)11(14-9)5-3-6-12(16)17/h1-2,4,7H,3,5-6H2,(H,16,17). The predicted molar refractivity (Wildman–Crippen MR) is 60.5 cm³/mol. The summed E-state index contributed by atoms with van der Waals surface area (Å²) in [5.74, 6) is -0.0789. The zero-order chi connectivity index (χ0) is 12.3. The number of pyridine rings is 1. The van der Waals surface area contributed by atoms with Crippen molar-refractivity contribution in [1.29, 1.82) is 5.26 Å². The van der Waals surface area contributed by atoms with Crippen LogP contribution in [0.5, 0.6) is 0 Å². The summed E-state index contributed by atoms with van der Waals surface area (Å²) in [5.41, 5.74) is 1.15. The van der Waals surface area contributed by atoms with E-state index in [1.165, 1.54) is 0 Å². The number of aromatic nitrogens is 2. The molecular weight excluding hydrogens is 218 g/mol. The molecule has 0 aromatic carbocycles. The van der Waals surface area contributed by atoms with Gasteiger partial charge in [0, 0.05) is 19.0 Å². The summed E-state index contributed by atoms with van der Waals surface area (Å²) in [6.45, 7) is 0. The molecule has 0 unspecified atom stereocenters. The second kappa shape index (κ2) is 4.66. The first-order valence-electron chi connectivity index (χ1n) is 5.30. The summed E-state index contributed by atoms with van der Waals surface area (Å²) >= 11 is 0. The highest BCUT2D eigenvalue weighted by molar-refractivity contribution is 5.66. The average molecular weight is 229 g/mol. The third kappa shape index (κ3) is 2.26. The molecule has 2 rings (SSSR count). The molecule has 86 valence electrons. The summed E-state index contributed by atoms with van der Waals surface area (Å²) in [7, 11) is 0. The Bertz CT molecular complexity index is 595. The predicted octanol–water partition coefficient (Wildman–Crippen LogP) is 1.61. The van der Waals surface area contributed by atoms with E-state index in [-0.39, 0.29) is 6.42 Å². The number of carboxylic acids is 1. The van der Waals surface area contributed by atoms with Crippen LogP contribution in [-0.2, 0) is 11.2 Å². The fraction of sp³-hybridized carbons (Fsp3) is 0.250. The van der Waals surface area contributed by atoms with E-state index in [0.717, 1.165) is 11.3 Å². The molecule has 0 bridgehead atoms. The van der Waals surface area contributed by atoms with Crippen molar-refractivity contribution in [3.05, 3.63) is 35.9 Å². The molecule has 0 amide bonds. The number of hydrogen-bond donors (Lipinski definition) is 1. The molecule has 2 heterocycles. The quantitative estimate of drug-likeness (QED) is 0.863. The Morgan fingerprint density at radius 1 is 1.53 bits per heavy atom. The highest BCUT2D eigenvalue weighted by Gasteiger charge is 2.09. The minimum Gasteiger partial charge on any atom is -0.481 e. The summed E-state index contributed by atoms with van der Waals surface area (Å²) in [6.07, 6.45) is 3.02. The van der Waals surface area contributed by atoms with E-state index < -0.39 is 5.97 Å². The monoisotopic (exact) mass is 229 g/mol. The van der Waals surface area contributed by atoms with Gasteiger partial charge in [0.2, 0.25) is 0 Å². The first-order valence-corrected chi connectivity index (χ1v) is 5.30. The molecule has 0 atom stereocenters. The topological polar surface area (TPSA) is 78.4 Å². The van der Waals surface area contributed by atoms with Crippen molar-refractivity contribution in [2.45, 2.75) is 19.3 Å². The van der Waals surface area contributed by atoms with Crippen molar-refractivity contribution in [1.82, 2.24) is 9.38 Å². The van der Waals surface area contributed by atoms with Crippen LogP contribution in [0.4, 0.5) is 0 Å². The van der Waals surface area contributed by atoms with Crippen molar-refractivity contribution in [2.24, 2.45) is 0 Å². The van der Waals surface area contributed by atoms with Crippen LogP contribution in [0.15, 0.2) is 24.4 Å². The minimum absolute atomic E-state index is 0.115. The van der Waals surface area contributed by atoms with Crippen LogP contribution in [0.1, 0.15) is 24.4 Å². The number of rotatable bonds is 4. The van der Waals surface area contributed by atoms with Gasteiger partial charge in [-0.3, -0.25) is 4.79 Å². The van der Waals surface area contributed by atoms with Gasteiger partial charge in [0.1, 0.15) is 11.9 Å². The molecule has 0 aliphatic rings. The number of nitrogens with zero attached hydrogens (tertiary/aromatic N) is 3. The van der Waals surface area contributed by atoms with Crippen LogP contribution in [-0.4, -0.2) is 20.5 Å². The first-order chi connectivity index (χ1) is 8.22. The molecule has 2 aromatic heterocycles. The minimum atomic E-state index is -0.814. The molecule has 5 nitrogen and oxygen atoms in total. The zero-order valence-electron chi connectivity index (χ0n) is 9.13. The Morgan fingerprint density at radius 2 is 2.35 bits per heavy atom. The summed E-state index contributed by atoms with van der Waals surface area (Å²) in [6, 6.07) is 7.57. The van der Waals surface area contributed by atoms with Crippen molar-refractivity contribution in [3.63, 3.8) is 0 Å². The van der Waals surface area contributed by atoms with E-state index in [1.54, 1.807) is 0 Å². The van der Waals surface area contributed by atoms with Crippen molar-refractivity contribution < 1.29 is 9.90 Å². The maximum absolute atomic E-state index is 10.4. The maximum atomic E-state index is 10.4. The van der Waals surface area contributed by atoms with Crippen LogP contribution in [0, 0.1) is 11.3 Å². The van der Waals surface area contributed by atoms with Gasteiger partial charge in [-0.1, -0.05) is 6.07 Å². The van der Waals surface area contributed by atoms with Gasteiger partial charge >= 0.3 is 5.97 Å². The van der Waals surface area contributed by atoms with E-state index in [0.29, 0.717) is 18.5 Å². The van der Waals surface area contributed by atoms with Crippen molar-refractivity contribution in [3.8, 4) is 6.07 Å². The van der Waals surface area contributed by atoms with Gasteiger partial charge in [0.05, 0.1) is 5.52 Å². The summed E-state index contributed by atoms with van der Waals surface area (Å²) < 4.78 is 1.83. The Morgan fingerprint density at radius 3 is 3.06 bits per heavy atom. The normalized spacial score (nSPS) is 10.3. The Balaban J connectivity index is 2.28. The number of nitriles is 1.